The maximum Gasteiger partial charge on any atom is 0.251 e. The minimum Gasteiger partial charge on any atom is -0.493 e. The van der Waals surface area contributed by atoms with Crippen LogP contribution in [0.3, 0.4) is 0 Å². The minimum absolute atomic E-state index is 0.0744. The van der Waals surface area contributed by atoms with Crippen molar-refractivity contribution in [1.82, 2.24) is 5.32 Å². The molecule has 1 aromatic rings. The zero-order valence-corrected chi connectivity index (χ0v) is 13.3. The van der Waals surface area contributed by atoms with Gasteiger partial charge >= 0.3 is 0 Å². The average molecular weight is 306 g/mol. The van der Waals surface area contributed by atoms with Gasteiger partial charge in [-0.25, -0.2) is 0 Å². The number of methoxy groups -OCH3 is 1. The van der Waals surface area contributed by atoms with Gasteiger partial charge in [-0.05, 0) is 31.0 Å². The van der Waals surface area contributed by atoms with Crippen LogP contribution in [0.15, 0.2) is 24.3 Å². The second-order valence-electron chi connectivity index (χ2n) is 5.87. The molecule has 0 spiro atoms. The molecule has 0 atom stereocenters. The number of hydrogen-bond donors (Lipinski definition) is 2. The van der Waals surface area contributed by atoms with Crippen LogP contribution in [0.25, 0.3) is 0 Å². The Labute approximate surface area is 132 Å². The summed E-state index contributed by atoms with van der Waals surface area (Å²) >= 11 is 0. The third kappa shape index (κ3) is 4.45. The van der Waals surface area contributed by atoms with Crippen molar-refractivity contribution in [2.24, 2.45) is 5.73 Å². The van der Waals surface area contributed by atoms with Crippen LogP contribution in [0.4, 0.5) is 0 Å². The third-order valence-electron chi connectivity index (χ3n) is 4.19. The molecular formula is C17H26N2O3. The normalized spacial score (nSPS) is 16.5. The molecule has 1 aromatic carbocycles. The zero-order valence-electron chi connectivity index (χ0n) is 13.3. The molecule has 0 unspecified atom stereocenters. The van der Waals surface area contributed by atoms with Crippen molar-refractivity contribution >= 4 is 5.91 Å². The van der Waals surface area contributed by atoms with Gasteiger partial charge in [-0.2, -0.15) is 0 Å². The highest BCUT2D eigenvalue weighted by atomic mass is 16.5. The maximum atomic E-state index is 12.5. The lowest BCUT2D eigenvalue weighted by Crippen LogP contribution is -2.51. The molecule has 3 N–H and O–H groups in total. The van der Waals surface area contributed by atoms with E-state index in [2.05, 4.69) is 5.32 Å². The molecule has 5 heteroatoms. The maximum absolute atomic E-state index is 12.5. The Balaban J connectivity index is 1.94. The molecule has 1 fully saturated rings. The number of nitrogens with two attached hydrogens (primary N) is 1. The Bertz CT molecular complexity index is 485. The summed E-state index contributed by atoms with van der Waals surface area (Å²) in [5.41, 5.74) is 6.25. The molecule has 0 aliphatic heterocycles. The Morgan fingerprint density at radius 2 is 2.09 bits per heavy atom. The summed E-state index contributed by atoms with van der Waals surface area (Å²) in [5, 5.41) is 3.12. The summed E-state index contributed by atoms with van der Waals surface area (Å²) in [6, 6.07) is 7.28. The van der Waals surface area contributed by atoms with Crippen LogP contribution < -0.4 is 15.8 Å². The van der Waals surface area contributed by atoms with Gasteiger partial charge in [-0.15, -0.1) is 0 Å². The van der Waals surface area contributed by atoms with E-state index in [0.717, 1.165) is 32.1 Å². The number of amides is 1. The fraction of sp³-hybridized carbons (Fsp3) is 0.588. The second kappa shape index (κ2) is 8.15. The van der Waals surface area contributed by atoms with E-state index in [1.165, 1.54) is 0 Å². The molecule has 0 radical (unpaired) electrons. The molecule has 1 saturated carbocycles. The summed E-state index contributed by atoms with van der Waals surface area (Å²) in [7, 11) is 1.67. The van der Waals surface area contributed by atoms with E-state index in [1.54, 1.807) is 19.2 Å². The highest BCUT2D eigenvalue weighted by Crippen LogP contribution is 2.29. The number of ether oxygens (including phenoxy) is 2. The Kier molecular flexibility index (Phi) is 6.21. The van der Waals surface area contributed by atoms with E-state index < -0.39 is 0 Å². The summed E-state index contributed by atoms with van der Waals surface area (Å²) in [5.74, 6) is 0.631. The van der Waals surface area contributed by atoms with Crippen LogP contribution in [-0.2, 0) is 4.74 Å². The van der Waals surface area contributed by atoms with Crippen molar-refractivity contribution in [3.8, 4) is 5.75 Å². The fourth-order valence-electron chi connectivity index (χ4n) is 2.87. The molecule has 1 amide bonds. The van der Waals surface area contributed by atoms with Gasteiger partial charge in [-0.3, -0.25) is 4.79 Å². The SMILES string of the molecule is COCCCOc1cccc(C(=O)NC2(CN)CCCC2)c1. The summed E-state index contributed by atoms with van der Waals surface area (Å²) in [4.78, 5) is 12.5. The van der Waals surface area contributed by atoms with E-state index in [4.69, 9.17) is 15.2 Å². The largest absolute Gasteiger partial charge is 0.493 e. The first kappa shape index (κ1) is 16.8. The van der Waals surface area contributed by atoms with Crippen LogP contribution >= 0.6 is 0 Å². The van der Waals surface area contributed by atoms with E-state index in [9.17, 15) is 4.79 Å². The van der Waals surface area contributed by atoms with Crippen LogP contribution in [0.1, 0.15) is 42.5 Å². The molecule has 22 heavy (non-hydrogen) atoms. The van der Waals surface area contributed by atoms with Gasteiger partial charge in [0, 0.05) is 32.2 Å². The first-order valence-corrected chi connectivity index (χ1v) is 7.93. The Hall–Kier alpha value is -1.59. The van der Waals surface area contributed by atoms with Crippen LogP contribution in [0.2, 0.25) is 0 Å². The molecule has 122 valence electrons. The van der Waals surface area contributed by atoms with Crippen LogP contribution in [0.5, 0.6) is 5.75 Å². The number of carbonyl (C=O) groups excluding carboxylic acids is 1. The average Bonchev–Trinajstić information content (AvgIpc) is 3.01. The number of carbonyl (C=O) groups is 1. The molecule has 5 nitrogen and oxygen atoms in total. The van der Waals surface area contributed by atoms with Gasteiger partial charge in [0.1, 0.15) is 5.75 Å². The predicted octanol–water partition coefficient (Wildman–Crippen LogP) is 2.10. The molecule has 0 heterocycles. The monoisotopic (exact) mass is 306 g/mol. The number of rotatable bonds is 8. The first-order chi connectivity index (χ1) is 10.7. The summed E-state index contributed by atoms with van der Waals surface area (Å²) in [6.45, 7) is 1.73. The Morgan fingerprint density at radius 3 is 2.77 bits per heavy atom. The second-order valence-corrected chi connectivity index (χ2v) is 5.87. The van der Waals surface area contributed by atoms with Crippen molar-refractivity contribution in [3.63, 3.8) is 0 Å². The number of hydrogen-bond acceptors (Lipinski definition) is 4. The molecule has 0 saturated heterocycles. The van der Waals surface area contributed by atoms with Gasteiger partial charge in [0.25, 0.3) is 5.91 Å². The summed E-state index contributed by atoms with van der Waals surface area (Å²) in [6.07, 6.45) is 4.99. The van der Waals surface area contributed by atoms with Crippen molar-refractivity contribution in [1.29, 1.82) is 0 Å². The number of benzene rings is 1. The van der Waals surface area contributed by atoms with Gasteiger partial charge in [-0.1, -0.05) is 18.9 Å². The lowest BCUT2D eigenvalue weighted by Gasteiger charge is -2.28. The van der Waals surface area contributed by atoms with Gasteiger partial charge in [0.05, 0.1) is 12.1 Å². The summed E-state index contributed by atoms with van der Waals surface area (Å²) < 4.78 is 10.6. The number of nitrogens with one attached hydrogen (secondary N) is 1. The highest BCUT2D eigenvalue weighted by molar-refractivity contribution is 5.95. The zero-order chi connectivity index (χ0) is 15.8. The van der Waals surface area contributed by atoms with Gasteiger partial charge in [0.2, 0.25) is 0 Å². The van der Waals surface area contributed by atoms with Crippen molar-refractivity contribution in [3.05, 3.63) is 29.8 Å². The Morgan fingerprint density at radius 1 is 1.32 bits per heavy atom. The third-order valence-corrected chi connectivity index (χ3v) is 4.19. The van der Waals surface area contributed by atoms with Crippen LogP contribution in [0, 0.1) is 0 Å². The van der Waals surface area contributed by atoms with Crippen molar-refractivity contribution in [2.45, 2.75) is 37.6 Å². The van der Waals surface area contributed by atoms with Crippen molar-refractivity contribution < 1.29 is 14.3 Å². The van der Waals surface area contributed by atoms with Gasteiger partial charge < -0.3 is 20.5 Å². The molecule has 0 bridgehead atoms. The van der Waals surface area contributed by atoms with E-state index in [1.807, 2.05) is 12.1 Å². The molecular weight excluding hydrogens is 280 g/mol. The standard InChI is InChI=1S/C17H26N2O3/c1-21-10-5-11-22-15-7-4-6-14(12-15)16(20)19-17(13-18)8-2-3-9-17/h4,6-7,12H,2-3,5,8-11,13,18H2,1H3,(H,19,20). The lowest BCUT2D eigenvalue weighted by molar-refractivity contribution is 0.0902. The molecule has 1 aliphatic rings. The molecule has 1 aliphatic carbocycles. The molecule has 2 rings (SSSR count). The minimum atomic E-state index is -0.230. The van der Waals surface area contributed by atoms with E-state index in [-0.39, 0.29) is 11.4 Å². The highest BCUT2D eigenvalue weighted by Gasteiger charge is 2.34. The van der Waals surface area contributed by atoms with E-state index >= 15 is 0 Å². The quantitative estimate of drug-likeness (QED) is 0.721. The van der Waals surface area contributed by atoms with Gasteiger partial charge in [0.15, 0.2) is 0 Å². The van der Waals surface area contributed by atoms with Crippen LogP contribution in [-0.4, -0.2) is 38.3 Å². The van der Waals surface area contributed by atoms with E-state index in [0.29, 0.717) is 31.1 Å². The smallest absolute Gasteiger partial charge is 0.251 e. The lowest BCUT2D eigenvalue weighted by atomic mass is 9.97. The molecule has 0 aromatic heterocycles. The predicted molar refractivity (Wildman–Crippen MR) is 86.1 cm³/mol. The first-order valence-electron chi connectivity index (χ1n) is 7.93. The fourth-order valence-corrected chi connectivity index (χ4v) is 2.87. The van der Waals surface area contributed by atoms with Crippen molar-refractivity contribution in [2.75, 3.05) is 26.9 Å². The topological polar surface area (TPSA) is 73.6 Å².